The maximum Gasteiger partial charge on any atom is 0.347 e. The van der Waals surface area contributed by atoms with E-state index in [-0.39, 0.29) is 40.6 Å². The van der Waals surface area contributed by atoms with Crippen LogP contribution in [0, 0.1) is 15.9 Å². The molecule has 11 heteroatoms. The van der Waals surface area contributed by atoms with Crippen molar-refractivity contribution in [1.82, 2.24) is 0 Å². The van der Waals surface area contributed by atoms with Crippen LogP contribution in [0.3, 0.4) is 0 Å². The van der Waals surface area contributed by atoms with Crippen molar-refractivity contribution in [1.29, 1.82) is 0 Å². The van der Waals surface area contributed by atoms with Gasteiger partial charge in [-0.3, -0.25) is 14.9 Å². The highest BCUT2D eigenvalue weighted by molar-refractivity contribution is 6.45. The van der Waals surface area contributed by atoms with Gasteiger partial charge in [0.05, 0.1) is 17.1 Å². The van der Waals surface area contributed by atoms with Crippen LogP contribution in [0.1, 0.15) is 22.8 Å². The van der Waals surface area contributed by atoms with Crippen molar-refractivity contribution < 1.29 is 28.4 Å². The molecule has 1 aliphatic rings. The number of hydrogen-bond acceptors (Lipinski definition) is 6. The molecule has 8 nitrogen and oxygen atoms in total. The number of anilines is 1. The van der Waals surface area contributed by atoms with Crippen LogP contribution in [0.4, 0.5) is 15.8 Å². The first-order valence-electron chi connectivity index (χ1n) is 8.33. The van der Waals surface area contributed by atoms with Crippen LogP contribution >= 0.6 is 23.2 Å². The standard InChI is InChI=1S/C18H13Cl2FN2O6/c1-2-28-18(25)11-7-9-14(22-17(24)8-5-3-4-6-10(8)21)15(23(26)27)12(19)13(20)16(9)29-11/h3-6,11H,2,7H2,1H3,(H,22,24). The Morgan fingerprint density at radius 1 is 1.34 bits per heavy atom. The number of rotatable bonds is 5. The topological polar surface area (TPSA) is 108 Å². The number of benzene rings is 2. The first-order valence-corrected chi connectivity index (χ1v) is 9.09. The van der Waals surface area contributed by atoms with Crippen molar-refractivity contribution in [3.63, 3.8) is 0 Å². The van der Waals surface area contributed by atoms with Gasteiger partial charge in [0.2, 0.25) is 0 Å². The molecule has 1 amide bonds. The second-order valence-corrected chi connectivity index (χ2v) is 6.67. The number of carbonyl (C=O) groups excluding carboxylic acids is 2. The van der Waals surface area contributed by atoms with Crippen molar-refractivity contribution in [2.75, 3.05) is 11.9 Å². The van der Waals surface area contributed by atoms with E-state index in [9.17, 15) is 24.1 Å². The zero-order valence-corrected chi connectivity index (χ0v) is 16.3. The number of esters is 1. The molecule has 2 aromatic carbocycles. The molecule has 0 saturated carbocycles. The molecule has 1 heterocycles. The lowest BCUT2D eigenvalue weighted by Crippen LogP contribution is -2.27. The highest BCUT2D eigenvalue weighted by atomic mass is 35.5. The van der Waals surface area contributed by atoms with Crippen LogP contribution in [0.25, 0.3) is 0 Å². The third-order valence-electron chi connectivity index (χ3n) is 4.15. The minimum Gasteiger partial charge on any atom is -0.476 e. The minimum atomic E-state index is -1.12. The number of nitro benzene ring substituents is 1. The van der Waals surface area contributed by atoms with Crippen LogP contribution in [0.5, 0.6) is 5.75 Å². The maximum absolute atomic E-state index is 13.9. The zero-order valence-electron chi connectivity index (χ0n) is 14.8. The second-order valence-electron chi connectivity index (χ2n) is 5.91. The highest BCUT2D eigenvalue weighted by Crippen LogP contribution is 2.51. The number of nitro groups is 1. The summed E-state index contributed by atoms with van der Waals surface area (Å²) in [6, 6.07) is 5.11. The van der Waals surface area contributed by atoms with Crippen LogP contribution in [0.2, 0.25) is 10.0 Å². The van der Waals surface area contributed by atoms with Gasteiger partial charge in [-0.05, 0) is 19.1 Å². The molecule has 1 aliphatic heterocycles. The molecule has 0 fully saturated rings. The molecule has 152 valence electrons. The molecule has 2 aromatic rings. The van der Waals surface area contributed by atoms with E-state index in [4.69, 9.17) is 32.7 Å². The van der Waals surface area contributed by atoms with E-state index in [2.05, 4.69) is 5.32 Å². The number of nitrogens with zero attached hydrogens (tertiary/aromatic N) is 1. The summed E-state index contributed by atoms with van der Waals surface area (Å²) in [5.41, 5.74) is -1.25. The first kappa shape index (κ1) is 20.8. The van der Waals surface area contributed by atoms with Crippen molar-refractivity contribution in [3.05, 3.63) is 61.4 Å². The molecule has 1 atom stereocenters. The molecule has 3 rings (SSSR count). The van der Waals surface area contributed by atoms with Gasteiger partial charge in [0, 0.05) is 12.0 Å². The SMILES string of the molecule is CCOC(=O)C1Cc2c(NC(=O)c3ccccc3F)c([N+](=O)[O-])c(Cl)c(Cl)c2O1. The fourth-order valence-corrected chi connectivity index (χ4v) is 3.39. The van der Waals surface area contributed by atoms with Gasteiger partial charge in [0.15, 0.2) is 6.10 Å². The predicted octanol–water partition coefficient (Wildman–Crippen LogP) is 4.16. The highest BCUT2D eigenvalue weighted by Gasteiger charge is 2.40. The lowest BCUT2D eigenvalue weighted by Gasteiger charge is -2.13. The van der Waals surface area contributed by atoms with Gasteiger partial charge in [0.1, 0.15) is 27.3 Å². The summed E-state index contributed by atoms with van der Waals surface area (Å²) in [5.74, 6) is -2.54. The average Bonchev–Trinajstić information content (AvgIpc) is 3.12. The van der Waals surface area contributed by atoms with E-state index in [1.54, 1.807) is 6.92 Å². The summed E-state index contributed by atoms with van der Waals surface area (Å²) in [5, 5.41) is 13.2. The van der Waals surface area contributed by atoms with Gasteiger partial charge < -0.3 is 14.8 Å². The van der Waals surface area contributed by atoms with Gasteiger partial charge in [-0.2, -0.15) is 0 Å². The fourth-order valence-electron chi connectivity index (χ4n) is 2.89. The summed E-state index contributed by atoms with van der Waals surface area (Å²) >= 11 is 12.1. The van der Waals surface area contributed by atoms with E-state index in [1.165, 1.54) is 18.2 Å². The summed E-state index contributed by atoms with van der Waals surface area (Å²) < 4.78 is 24.3. The zero-order chi connectivity index (χ0) is 21.3. The Labute approximate surface area is 173 Å². The van der Waals surface area contributed by atoms with Crippen molar-refractivity contribution in [2.45, 2.75) is 19.4 Å². The van der Waals surface area contributed by atoms with Crippen molar-refractivity contribution >= 4 is 46.5 Å². The molecule has 0 saturated heterocycles. The minimum absolute atomic E-state index is 0.0795. The lowest BCUT2D eigenvalue weighted by atomic mass is 10.0. The van der Waals surface area contributed by atoms with E-state index in [0.717, 1.165) is 6.07 Å². The van der Waals surface area contributed by atoms with Gasteiger partial charge in [-0.1, -0.05) is 35.3 Å². The Balaban J connectivity index is 2.09. The largest absolute Gasteiger partial charge is 0.476 e. The summed E-state index contributed by atoms with van der Waals surface area (Å²) in [7, 11) is 0. The number of halogens is 3. The third kappa shape index (κ3) is 3.83. The quantitative estimate of drug-likeness (QED) is 0.423. The fraction of sp³-hybridized carbons (Fsp3) is 0.222. The average molecular weight is 443 g/mol. The molecule has 1 unspecified atom stereocenters. The number of amides is 1. The maximum atomic E-state index is 13.9. The Kier molecular flexibility index (Phi) is 5.90. The Morgan fingerprint density at radius 2 is 2.03 bits per heavy atom. The molecule has 0 aliphatic carbocycles. The molecule has 29 heavy (non-hydrogen) atoms. The normalized spacial score (nSPS) is 14.7. The number of carbonyl (C=O) groups is 2. The molecule has 0 spiro atoms. The predicted molar refractivity (Wildman–Crippen MR) is 102 cm³/mol. The van der Waals surface area contributed by atoms with Crippen LogP contribution < -0.4 is 10.1 Å². The molecule has 1 N–H and O–H groups in total. The first-order chi connectivity index (χ1) is 13.8. The summed E-state index contributed by atoms with van der Waals surface area (Å²) in [4.78, 5) is 35.3. The Hall–Kier alpha value is -2.91. The number of hydrogen-bond donors (Lipinski definition) is 1. The number of ether oxygens (including phenoxy) is 2. The van der Waals surface area contributed by atoms with Gasteiger partial charge in [-0.25, -0.2) is 9.18 Å². The third-order valence-corrected chi connectivity index (χ3v) is 4.98. The summed E-state index contributed by atoms with van der Waals surface area (Å²) in [6.45, 7) is 1.70. The van der Waals surface area contributed by atoms with E-state index < -0.39 is 39.4 Å². The van der Waals surface area contributed by atoms with Crippen LogP contribution in [0.15, 0.2) is 24.3 Å². The Morgan fingerprint density at radius 3 is 2.66 bits per heavy atom. The number of nitrogens with one attached hydrogen (secondary N) is 1. The number of fused-ring (bicyclic) bond motifs is 1. The molecule has 0 radical (unpaired) electrons. The molecular formula is C18H13Cl2FN2O6. The molecule has 0 bridgehead atoms. The van der Waals surface area contributed by atoms with Crippen LogP contribution in [-0.4, -0.2) is 29.5 Å². The van der Waals surface area contributed by atoms with Crippen LogP contribution in [-0.2, 0) is 16.0 Å². The monoisotopic (exact) mass is 442 g/mol. The smallest absolute Gasteiger partial charge is 0.347 e. The van der Waals surface area contributed by atoms with Crippen molar-refractivity contribution in [3.8, 4) is 5.75 Å². The van der Waals surface area contributed by atoms with Gasteiger partial charge in [0.25, 0.3) is 5.91 Å². The van der Waals surface area contributed by atoms with Crippen molar-refractivity contribution in [2.24, 2.45) is 0 Å². The summed E-state index contributed by atoms with van der Waals surface area (Å²) in [6.07, 6.45) is -1.27. The van der Waals surface area contributed by atoms with Gasteiger partial charge >= 0.3 is 11.7 Å². The van der Waals surface area contributed by atoms with Gasteiger partial charge in [-0.15, -0.1) is 0 Å². The van der Waals surface area contributed by atoms with E-state index in [0.29, 0.717) is 0 Å². The molecular weight excluding hydrogens is 430 g/mol. The van der Waals surface area contributed by atoms with E-state index >= 15 is 0 Å². The second kappa shape index (κ2) is 8.22. The Bertz CT molecular complexity index is 1030. The van der Waals surface area contributed by atoms with E-state index in [1.807, 2.05) is 0 Å². The molecule has 0 aromatic heterocycles. The lowest BCUT2D eigenvalue weighted by molar-refractivity contribution is -0.383.